The van der Waals surface area contributed by atoms with Crippen molar-refractivity contribution in [1.29, 1.82) is 0 Å². The van der Waals surface area contributed by atoms with Crippen molar-refractivity contribution in [2.24, 2.45) is 0 Å². The summed E-state index contributed by atoms with van der Waals surface area (Å²) in [6.45, 7) is 6.26. The maximum absolute atomic E-state index is 12.4. The molecule has 0 saturated carbocycles. The van der Waals surface area contributed by atoms with E-state index in [1.165, 1.54) is 22.3 Å². The number of benzene rings is 3. The number of aryl methyl sites for hydroxylation is 1. The number of piperidine rings is 1. The summed E-state index contributed by atoms with van der Waals surface area (Å²) < 4.78 is 17.1. The molecule has 1 N–H and O–H groups in total. The van der Waals surface area contributed by atoms with E-state index in [2.05, 4.69) is 46.3 Å². The number of likely N-dealkylation sites (tertiary alicyclic amines) is 1. The summed E-state index contributed by atoms with van der Waals surface area (Å²) in [4.78, 5) is 18.0. The lowest BCUT2D eigenvalue weighted by molar-refractivity contribution is 0.171. The highest BCUT2D eigenvalue weighted by Gasteiger charge is 2.21. The van der Waals surface area contributed by atoms with E-state index in [1.54, 1.807) is 7.11 Å². The van der Waals surface area contributed by atoms with Gasteiger partial charge in [0.15, 0.2) is 11.5 Å². The number of nitrogens with one attached hydrogen (secondary N) is 1. The Hall–Kier alpha value is -4.03. The van der Waals surface area contributed by atoms with Crippen LogP contribution in [0.1, 0.15) is 42.0 Å². The Morgan fingerprint density at radius 3 is 2.38 bits per heavy atom. The van der Waals surface area contributed by atoms with E-state index in [0.717, 1.165) is 78.2 Å². The molecule has 6 nitrogen and oxygen atoms in total. The molecule has 1 saturated heterocycles. The quantitative estimate of drug-likeness (QED) is 0.313. The minimum atomic E-state index is -0.00447. The van der Waals surface area contributed by atoms with Crippen LogP contribution in [0.2, 0.25) is 0 Å². The Morgan fingerprint density at radius 1 is 0.900 bits per heavy atom. The van der Waals surface area contributed by atoms with Crippen molar-refractivity contribution in [2.75, 3.05) is 40.0 Å². The minimum Gasteiger partial charge on any atom is -0.497 e. The molecule has 40 heavy (non-hydrogen) atoms. The molecule has 2 aliphatic rings. The van der Waals surface area contributed by atoms with Gasteiger partial charge < -0.3 is 24.1 Å². The van der Waals surface area contributed by atoms with E-state index >= 15 is 0 Å². The number of aromatic amines is 1. The van der Waals surface area contributed by atoms with E-state index < -0.39 is 0 Å². The Balaban J connectivity index is 1.30. The van der Waals surface area contributed by atoms with Gasteiger partial charge in [-0.3, -0.25) is 4.79 Å². The summed E-state index contributed by atoms with van der Waals surface area (Å²) in [6, 6.07) is 23.1. The van der Waals surface area contributed by atoms with E-state index in [-0.39, 0.29) is 5.56 Å². The van der Waals surface area contributed by atoms with Gasteiger partial charge in [0.2, 0.25) is 0 Å². The highest BCUT2D eigenvalue weighted by atomic mass is 16.6. The van der Waals surface area contributed by atoms with E-state index in [9.17, 15) is 4.79 Å². The number of aromatic nitrogens is 1. The molecule has 0 bridgehead atoms. The number of H-pyrrole nitrogens is 1. The summed E-state index contributed by atoms with van der Waals surface area (Å²) in [5.74, 6) is 2.50. The number of methoxy groups -OCH3 is 1. The zero-order valence-electron chi connectivity index (χ0n) is 23.3. The fraction of sp³-hybridized carbons (Fsp3) is 0.324. The van der Waals surface area contributed by atoms with Gasteiger partial charge in [0.25, 0.3) is 5.56 Å². The summed E-state index contributed by atoms with van der Waals surface area (Å²) in [6.07, 6.45) is 3.76. The maximum Gasteiger partial charge on any atom is 0.251 e. The van der Waals surface area contributed by atoms with E-state index in [1.807, 2.05) is 37.3 Å². The van der Waals surface area contributed by atoms with Crippen LogP contribution in [-0.2, 0) is 12.8 Å². The highest BCUT2D eigenvalue weighted by molar-refractivity contribution is 5.89. The second kappa shape index (κ2) is 11.6. The normalized spacial score (nSPS) is 15.3. The van der Waals surface area contributed by atoms with Crippen molar-refractivity contribution >= 4 is 16.5 Å². The predicted octanol–water partition coefficient (Wildman–Crippen LogP) is 6.01. The fourth-order valence-electron chi connectivity index (χ4n) is 5.82. The summed E-state index contributed by atoms with van der Waals surface area (Å²) >= 11 is 0. The first-order valence-corrected chi connectivity index (χ1v) is 14.2. The first-order chi connectivity index (χ1) is 19.6. The van der Waals surface area contributed by atoms with Crippen LogP contribution in [0.25, 0.3) is 16.5 Å². The smallest absolute Gasteiger partial charge is 0.251 e. The second-order valence-electron chi connectivity index (χ2n) is 10.6. The SMILES string of the molecule is CCc1cc2cc(C(=C3CCN(CCc4ccc(OC)cc4)CC3)c3ccc4c(c3)OCCO4)ccc2[nH]c1=O. The molecule has 1 fully saturated rings. The van der Waals surface area contributed by atoms with Crippen LogP contribution in [0, 0.1) is 0 Å². The van der Waals surface area contributed by atoms with Crippen molar-refractivity contribution in [3.63, 3.8) is 0 Å². The second-order valence-corrected chi connectivity index (χ2v) is 10.6. The maximum atomic E-state index is 12.4. The van der Waals surface area contributed by atoms with Crippen molar-refractivity contribution in [1.82, 2.24) is 9.88 Å². The number of rotatable bonds is 7. The zero-order valence-corrected chi connectivity index (χ0v) is 23.3. The van der Waals surface area contributed by atoms with Crippen molar-refractivity contribution < 1.29 is 14.2 Å². The van der Waals surface area contributed by atoms with Gasteiger partial charge >= 0.3 is 0 Å². The molecule has 1 aromatic heterocycles. The predicted molar refractivity (Wildman–Crippen MR) is 160 cm³/mol. The number of pyridine rings is 1. The number of fused-ring (bicyclic) bond motifs is 2. The fourth-order valence-corrected chi connectivity index (χ4v) is 5.82. The third kappa shape index (κ3) is 5.50. The summed E-state index contributed by atoms with van der Waals surface area (Å²) in [5.41, 5.74) is 8.03. The molecular formula is C34H36N2O4. The van der Waals surface area contributed by atoms with Crippen LogP contribution < -0.4 is 19.8 Å². The Morgan fingerprint density at radius 2 is 1.62 bits per heavy atom. The van der Waals surface area contributed by atoms with Crippen LogP contribution in [-0.4, -0.2) is 49.8 Å². The van der Waals surface area contributed by atoms with Gasteiger partial charge in [-0.15, -0.1) is 0 Å². The van der Waals surface area contributed by atoms with E-state index in [4.69, 9.17) is 14.2 Å². The third-order valence-electron chi connectivity index (χ3n) is 8.11. The molecule has 3 aromatic carbocycles. The van der Waals surface area contributed by atoms with E-state index in [0.29, 0.717) is 19.6 Å². The molecule has 4 aromatic rings. The number of nitrogens with zero attached hydrogens (tertiary/aromatic N) is 1. The molecule has 206 valence electrons. The topological polar surface area (TPSA) is 63.8 Å². The monoisotopic (exact) mass is 536 g/mol. The lowest BCUT2D eigenvalue weighted by atomic mass is 9.87. The average Bonchev–Trinajstić information content (AvgIpc) is 3.00. The van der Waals surface area contributed by atoms with Gasteiger partial charge in [-0.1, -0.05) is 36.8 Å². The molecule has 0 unspecified atom stereocenters. The summed E-state index contributed by atoms with van der Waals surface area (Å²) in [5, 5.41) is 1.06. The summed E-state index contributed by atoms with van der Waals surface area (Å²) in [7, 11) is 1.70. The molecule has 6 heteroatoms. The molecule has 3 heterocycles. The van der Waals surface area contributed by atoms with Crippen molar-refractivity contribution in [3.8, 4) is 17.2 Å². The Labute approximate surface area is 235 Å². The molecule has 0 amide bonds. The van der Waals surface area contributed by atoms with Gasteiger partial charge in [0.05, 0.1) is 7.11 Å². The van der Waals surface area contributed by atoms with Crippen LogP contribution in [0.3, 0.4) is 0 Å². The molecule has 0 radical (unpaired) electrons. The molecular weight excluding hydrogens is 500 g/mol. The number of hydrogen-bond acceptors (Lipinski definition) is 5. The molecule has 0 aliphatic carbocycles. The van der Waals surface area contributed by atoms with Gasteiger partial charge in [-0.05, 0) is 95.8 Å². The Kier molecular flexibility index (Phi) is 7.60. The number of hydrogen-bond donors (Lipinski definition) is 1. The highest BCUT2D eigenvalue weighted by Crippen LogP contribution is 2.38. The van der Waals surface area contributed by atoms with Gasteiger partial charge in [0, 0.05) is 30.7 Å². The van der Waals surface area contributed by atoms with Crippen LogP contribution >= 0.6 is 0 Å². The van der Waals surface area contributed by atoms with Crippen LogP contribution in [0.5, 0.6) is 17.2 Å². The zero-order chi connectivity index (χ0) is 27.5. The largest absolute Gasteiger partial charge is 0.497 e. The standard InChI is InChI=1S/C34H36N2O4/c1-3-24-20-28-21-26(6-10-30(28)35-34(24)37)33(27-7-11-31-32(22-27)40-19-18-39-31)25-13-16-36(17-14-25)15-12-23-4-8-29(38-2)9-5-23/h4-11,20-22H,3,12-19H2,1-2H3,(H,35,37). The van der Waals surface area contributed by atoms with Crippen LogP contribution in [0.4, 0.5) is 0 Å². The van der Waals surface area contributed by atoms with Crippen molar-refractivity contribution in [3.05, 3.63) is 105 Å². The molecule has 2 aliphatic heterocycles. The van der Waals surface area contributed by atoms with Crippen molar-refractivity contribution in [2.45, 2.75) is 32.6 Å². The minimum absolute atomic E-state index is 0.00447. The molecule has 0 atom stereocenters. The third-order valence-corrected chi connectivity index (χ3v) is 8.11. The van der Waals surface area contributed by atoms with Gasteiger partial charge in [0.1, 0.15) is 19.0 Å². The first-order valence-electron chi connectivity index (χ1n) is 14.2. The van der Waals surface area contributed by atoms with Gasteiger partial charge in [-0.25, -0.2) is 0 Å². The first kappa shape index (κ1) is 26.2. The lowest BCUT2D eigenvalue weighted by Crippen LogP contribution is -2.32. The van der Waals surface area contributed by atoms with Gasteiger partial charge in [-0.2, -0.15) is 0 Å². The number of ether oxygens (including phenoxy) is 3. The average molecular weight is 537 g/mol. The molecule has 6 rings (SSSR count). The molecule has 0 spiro atoms. The lowest BCUT2D eigenvalue weighted by Gasteiger charge is -2.30. The Bertz CT molecular complexity index is 1590. The van der Waals surface area contributed by atoms with Crippen LogP contribution in [0.15, 0.2) is 77.1 Å².